The van der Waals surface area contributed by atoms with E-state index in [1.54, 1.807) is 0 Å². The van der Waals surface area contributed by atoms with E-state index >= 15 is 0 Å². The number of carboxylic acids is 4. The lowest BCUT2D eigenvalue weighted by molar-refractivity contribution is -0.134. The number of aliphatic carboxylic acids is 4. The average Bonchev–Trinajstić information content (AvgIpc) is 3.43. The van der Waals surface area contributed by atoms with Crippen LogP contribution in [0.2, 0.25) is 0 Å². The Morgan fingerprint density at radius 2 is 1.16 bits per heavy atom. The van der Waals surface area contributed by atoms with Crippen LogP contribution in [-0.4, -0.2) is 92.9 Å². The van der Waals surface area contributed by atoms with Crippen LogP contribution in [-0.2, 0) is 19.2 Å². The first-order valence-corrected chi connectivity index (χ1v) is 13.7. The van der Waals surface area contributed by atoms with Gasteiger partial charge in [-0.05, 0) is 74.2 Å². The first-order valence-electron chi connectivity index (χ1n) is 13.7. The van der Waals surface area contributed by atoms with Gasteiger partial charge in [-0.15, -0.1) is 0 Å². The molecule has 2 aromatic carbocycles. The molecule has 4 N–H and O–H groups in total. The van der Waals surface area contributed by atoms with Gasteiger partial charge in [0.1, 0.15) is 11.6 Å². The van der Waals surface area contributed by atoms with Crippen molar-refractivity contribution in [3.63, 3.8) is 0 Å². The summed E-state index contributed by atoms with van der Waals surface area (Å²) in [5, 5.41) is 31.2. The SMILES string of the molecule is Fc1ccc(C(CCCN2CCN3CCCC3C2)c2ccc(F)cc2)cc1.O=C(O)/C=C/C(=O)O.O=C(O)/C=C/C(=O)O. The van der Waals surface area contributed by atoms with Crippen LogP contribution >= 0.6 is 0 Å². The van der Waals surface area contributed by atoms with Crippen LogP contribution in [0.1, 0.15) is 42.7 Å². The van der Waals surface area contributed by atoms with E-state index in [1.165, 1.54) is 56.7 Å². The molecule has 0 radical (unpaired) electrons. The Morgan fingerprint density at radius 3 is 1.58 bits per heavy atom. The Morgan fingerprint density at radius 1 is 0.721 bits per heavy atom. The van der Waals surface area contributed by atoms with Crippen molar-refractivity contribution in [3.8, 4) is 0 Å². The fourth-order valence-electron chi connectivity index (χ4n) is 4.98. The molecule has 2 fully saturated rings. The van der Waals surface area contributed by atoms with Crippen molar-refractivity contribution in [2.24, 2.45) is 0 Å². The van der Waals surface area contributed by atoms with Gasteiger partial charge in [0.2, 0.25) is 0 Å². The smallest absolute Gasteiger partial charge is 0.328 e. The van der Waals surface area contributed by atoms with Crippen LogP contribution < -0.4 is 0 Å². The number of halogens is 2. The number of piperazine rings is 1. The first kappa shape index (κ1) is 34.8. The predicted octanol–water partition coefficient (Wildman–Crippen LogP) is 4.08. The van der Waals surface area contributed by atoms with Gasteiger partial charge in [-0.1, -0.05) is 24.3 Å². The van der Waals surface area contributed by atoms with Crippen molar-refractivity contribution in [1.82, 2.24) is 9.80 Å². The van der Waals surface area contributed by atoms with E-state index in [0.717, 1.165) is 43.1 Å². The molecule has 0 amide bonds. The lowest BCUT2D eigenvalue weighted by atomic mass is 9.87. The van der Waals surface area contributed by atoms with Crippen molar-refractivity contribution in [3.05, 3.63) is 95.6 Å². The number of benzene rings is 2. The van der Waals surface area contributed by atoms with Crippen molar-refractivity contribution >= 4 is 23.9 Å². The van der Waals surface area contributed by atoms with E-state index < -0.39 is 23.9 Å². The normalized spacial score (nSPS) is 16.7. The maximum absolute atomic E-state index is 13.3. The molecule has 0 aliphatic carbocycles. The molecule has 1 unspecified atom stereocenters. The minimum Gasteiger partial charge on any atom is -0.478 e. The number of rotatable bonds is 10. The van der Waals surface area contributed by atoms with Gasteiger partial charge in [0.15, 0.2) is 0 Å². The van der Waals surface area contributed by atoms with Crippen LogP contribution in [0.3, 0.4) is 0 Å². The monoisotopic (exact) mass is 602 g/mol. The van der Waals surface area contributed by atoms with E-state index in [-0.39, 0.29) is 17.6 Å². The minimum absolute atomic E-state index is 0.180. The third-order valence-corrected chi connectivity index (χ3v) is 6.92. The molecule has 0 spiro atoms. The van der Waals surface area contributed by atoms with Crippen LogP contribution in [0.4, 0.5) is 8.78 Å². The highest BCUT2D eigenvalue weighted by molar-refractivity contribution is 5.90. The minimum atomic E-state index is -1.26. The Kier molecular flexibility index (Phi) is 14.7. The van der Waals surface area contributed by atoms with E-state index in [1.807, 2.05) is 24.3 Å². The molecule has 0 saturated carbocycles. The van der Waals surface area contributed by atoms with E-state index in [0.29, 0.717) is 24.3 Å². The fourth-order valence-corrected chi connectivity index (χ4v) is 4.98. The Labute approximate surface area is 248 Å². The highest BCUT2D eigenvalue weighted by Crippen LogP contribution is 2.30. The Balaban J connectivity index is 0.000000334. The van der Waals surface area contributed by atoms with Gasteiger partial charge in [-0.25, -0.2) is 28.0 Å². The predicted molar refractivity (Wildman–Crippen MR) is 154 cm³/mol. The number of carboxylic acid groups (broad SMARTS) is 4. The summed E-state index contributed by atoms with van der Waals surface area (Å²) in [6, 6.07) is 14.3. The summed E-state index contributed by atoms with van der Waals surface area (Å²) >= 11 is 0. The van der Waals surface area contributed by atoms with Crippen LogP contribution in [0.5, 0.6) is 0 Å². The maximum atomic E-state index is 13.3. The quantitative estimate of drug-likeness (QED) is 0.292. The summed E-state index contributed by atoms with van der Waals surface area (Å²) in [6.45, 7) is 5.93. The summed E-state index contributed by atoms with van der Waals surface area (Å²) in [6.07, 6.45) is 6.99. The topological polar surface area (TPSA) is 156 Å². The molecule has 1 atom stereocenters. The molecule has 232 valence electrons. The Bertz CT molecular complexity index is 1150. The molecule has 2 aliphatic heterocycles. The molecule has 10 nitrogen and oxygen atoms in total. The van der Waals surface area contributed by atoms with Gasteiger partial charge in [0.25, 0.3) is 0 Å². The molecule has 0 bridgehead atoms. The highest BCUT2D eigenvalue weighted by atomic mass is 19.1. The number of hydrogen-bond acceptors (Lipinski definition) is 6. The average molecular weight is 603 g/mol. The highest BCUT2D eigenvalue weighted by Gasteiger charge is 2.30. The fraction of sp³-hybridized carbons (Fsp3) is 0.355. The van der Waals surface area contributed by atoms with Gasteiger partial charge >= 0.3 is 23.9 Å². The van der Waals surface area contributed by atoms with Gasteiger partial charge in [0.05, 0.1) is 0 Å². The molecule has 2 heterocycles. The zero-order chi connectivity index (χ0) is 31.8. The van der Waals surface area contributed by atoms with Crippen molar-refractivity contribution < 1.29 is 48.4 Å². The number of hydrogen-bond donors (Lipinski definition) is 4. The van der Waals surface area contributed by atoms with Crippen molar-refractivity contribution in [2.45, 2.75) is 37.6 Å². The molecule has 4 rings (SSSR count). The van der Waals surface area contributed by atoms with Crippen molar-refractivity contribution in [2.75, 3.05) is 32.7 Å². The van der Waals surface area contributed by atoms with E-state index in [4.69, 9.17) is 20.4 Å². The molecular formula is C31H36F2N2O8. The van der Waals surface area contributed by atoms with E-state index in [2.05, 4.69) is 9.80 Å². The zero-order valence-electron chi connectivity index (χ0n) is 23.5. The van der Waals surface area contributed by atoms with Gasteiger partial charge in [0, 0.05) is 55.9 Å². The number of carbonyl (C=O) groups is 4. The largest absolute Gasteiger partial charge is 0.478 e. The zero-order valence-corrected chi connectivity index (χ0v) is 23.5. The van der Waals surface area contributed by atoms with Crippen molar-refractivity contribution in [1.29, 1.82) is 0 Å². The second kappa shape index (κ2) is 18.2. The molecule has 0 aromatic heterocycles. The Hall–Kier alpha value is -4.42. The molecule has 12 heteroatoms. The van der Waals surface area contributed by atoms with E-state index in [9.17, 15) is 28.0 Å². The van der Waals surface area contributed by atoms with Gasteiger partial charge in [-0.3, -0.25) is 4.90 Å². The second-order valence-corrected chi connectivity index (χ2v) is 9.95. The summed E-state index contributed by atoms with van der Waals surface area (Å²) in [5.41, 5.74) is 2.20. The summed E-state index contributed by atoms with van der Waals surface area (Å²) in [5.74, 6) is -5.28. The molecule has 43 heavy (non-hydrogen) atoms. The standard InChI is InChI=1S/C23H28F2N2.2C4H4O4/c24-20-9-5-18(6-10-20)23(19-7-11-21(25)12-8-19)4-2-13-26-15-16-27-14-1-3-22(27)17-26;2*5-3(6)1-2-4(7)8/h5-12,22-23H,1-4,13-17H2;2*1-2H,(H,5,6)(H,7,8)/b;2*2-1+. The van der Waals surface area contributed by atoms with Gasteiger partial charge in [-0.2, -0.15) is 0 Å². The molecule has 2 aromatic rings. The summed E-state index contributed by atoms with van der Waals surface area (Å²) in [7, 11) is 0. The number of nitrogens with zero attached hydrogens (tertiary/aromatic N) is 2. The first-order chi connectivity index (χ1) is 20.4. The lowest BCUT2D eigenvalue weighted by Gasteiger charge is -2.37. The summed E-state index contributed by atoms with van der Waals surface area (Å²) in [4.78, 5) is 43.4. The van der Waals surface area contributed by atoms with Crippen LogP contribution in [0.15, 0.2) is 72.8 Å². The van der Waals surface area contributed by atoms with Crippen LogP contribution in [0, 0.1) is 11.6 Å². The van der Waals surface area contributed by atoms with Crippen LogP contribution in [0.25, 0.3) is 0 Å². The summed E-state index contributed by atoms with van der Waals surface area (Å²) < 4.78 is 26.7. The lowest BCUT2D eigenvalue weighted by Crippen LogP contribution is -2.50. The molecule has 2 aliphatic rings. The third-order valence-electron chi connectivity index (χ3n) is 6.92. The number of fused-ring (bicyclic) bond motifs is 1. The molecule has 2 saturated heterocycles. The second-order valence-electron chi connectivity index (χ2n) is 9.95. The maximum Gasteiger partial charge on any atom is 0.328 e. The third kappa shape index (κ3) is 13.9. The van der Waals surface area contributed by atoms with Gasteiger partial charge < -0.3 is 25.3 Å². The molecular weight excluding hydrogens is 566 g/mol.